The van der Waals surface area contributed by atoms with E-state index in [4.69, 9.17) is 28.4 Å². The van der Waals surface area contributed by atoms with E-state index >= 15 is 0 Å². The maximum Gasteiger partial charge on any atom is 0.407 e. The topological polar surface area (TPSA) is 200 Å². The molecule has 0 unspecified atom stereocenters. The molecule has 2 aromatic carbocycles. The molecule has 0 aromatic heterocycles. The number of fused-ring (bicyclic) bond motifs is 2. The van der Waals surface area contributed by atoms with Crippen molar-refractivity contribution in [1.29, 1.82) is 0 Å². The first-order chi connectivity index (χ1) is 21.8. The van der Waals surface area contributed by atoms with Crippen molar-refractivity contribution in [2.45, 2.75) is 74.6 Å². The molecule has 4 aliphatic rings. The van der Waals surface area contributed by atoms with Crippen LogP contribution in [0.25, 0.3) is 0 Å². The number of esters is 1. The number of carbonyl (C=O) groups excluding carboxylic acids is 4. The molecule has 4 fully saturated rings. The van der Waals surface area contributed by atoms with Crippen molar-refractivity contribution < 1.29 is 57.8 Å². The second-order valence-electron chi connectivity index (χ2n) is 11.2. The SMILES string of the molecule is O=C(N[C@H]1C[C@H]2NC(=O)O[C@@H]2[C@@H](O)[C@@H]1O[C@H]1O[C@@H]2CNC(=O)O[C@H]2[C@H](O)[C@H]1C(=O)OCc1ccccc1)OCc1ccccc1. The zero-order valence-corrected chi connectivity index (χ0v) is 23.9. The Morgan fingerprint density at radius 1 is 0.867 bits per heavy atom. The molecule has 15 nitrogen and oxygen atoms in total. The number of alkyl carbamates (subject to hydrolysis) is 3. The van der Waals surface area contributed by atoms with Crippen LogP contribution in [0.1, 0.15) is 17.5 Å². The lowest BCUT2D eigenvalue weighted by Gasteiger charge is -2.47. The summed E-state index contributed by atoms with van der Waals surface area (Å²) >= 11 is 0. The molecule has 3 heterocycles. The van der Waals surface area contributed by atoms with E-state index in [2.05, 4.69) is 16.0 Å². The molecule has 2 aromatic rings. The number of ether oxygens (including phenoxy) is 6. The van der Waals surface area contributed by atoms with Crippen LogP contribution in [0.4, 0.5) is 14.4 Å². The van der Waals surface area contributed by atoms with E-state index in [0.717, 1.165) is 5.56 Å². The van der Waals surface area contributed by atoms with E-state index in [-0.39, 0.29) is 26.2 Å². The summed E-state index contributed by atoms with van der Waals surface area (Å²) in [6.45, 7) is -0.208. The zero-order valence-electron chi connectivity index (χ0n) is 23.9. The summed E-state index contributed by atoms with van der Waals surface area (Å²) in [5.74, 6) is -2.44. The predicted octanol–water partition coefficient (Wildman–Crippen LogP) is 0.462. The molecule has 5 N–H and O–H groups in total. The molecule has 3 aliphatic heterocycles. The van der Waals surface area contributed by atoms with Gasteiger partial charge in [-0.2, -0.15) is 0 Å². The molecule has 45 heavy (non-hydrogen) atoms. The van der Waals surface area contributed by atoms with Gasteiger partial charge in [0.15, 0.2) is 18.5 Å². The zero-order chi connectivity index (χ0) is 31.5. The Kier molecular flexibility index (Phi) is 9.02. The Morgan fingerprint density at radius 2 is 1.51 bits per heavy atom. The first kappa shape index (κ1) is 30.6. The number of hydrogen-bond donors (Lipinski definition) is 5. The standard InChI is InChI=1S/C30H33N3O12/c34-21-20(26(36)40-13-15-7-3-1-4-8-15)27(42-19-12-31-28(37)45-25(19)21)43-23-17(11-18-24(22(23)35)44-30(39)33-18)32-29(38)41-14-16-9-5-2-6-10-16/h1-10,17-25,27,34-35H,11-14H2,(H,31,37)(H,32,38)(H,33,39)/t17-,18+,19+,20-,21+,22-,23+,24-,25+,27+/m0/s1. The van der Waals surface area contributed by atoms with Crippen LogP contribution in [0.3, 0.4) is 0 Å². The van der Waals surface area contributed by atoms with E-state index in [9.17, 15) is 29.4 Å². The fourth-order valence-electron chi connectivity index (χ4n) is 5.96. The molecule has 6 rings (SSSR count). The third-order valence-electron chi connectivity index (χ3n) is 8.19. The fourth-order valence-corrected chi connectivity index (χ4v) is 5.96. The fraction of sp³-hybridized carbons (Fsp3) is 0.467. The van der Waals surface area contributed by atoms with E-state index in [1.807, 2.05) is 6.07 Å². The number of aliphatic hydroxyl groups excluding tert-OH is 2. The van der Waals surface area contributed by atoms with Crippen molar-refractivity contribution >= 4 is 24.2 Å². The van der Waals surface area contributed by atoms with Crippen molar-refractivity contribution in [2.75, 3.05) is 6.54 Å². The van der Waals surface area contributed by atoms with Crippen molar-refractivity contribution in [3.05, 3.63) is 71.8 Å². The number of amides is 3. The summed E-state index contributed by atoms with van der Waals surface area (Å²) in [4.78, 5) is 50.3. The van der Waals surface area contributed by atoms with Gasteiger partial charge < -0.3 is 54.6 Å². The molecule has 1 saturated carbocycles. The Bertz CT molecular complexity index is 1380. The van der Waals surface area contributed by atoms with Gasteiger partial charge in [-0.25, -0.2) is 14.4 Å². The highest BCUT2D eigenvalue weighted by molar-refractivity contribution is 5.75. The average molecular weight is 628 g/mol. The normalized spacial score (nSPS) is 33.6. The summed E-state index contributed by atoms with van der Waals surface area (Å²) < 4.78 is 33.6. The minimum atomic E-state index is -1.61. The Morgan fingerprint density at radius 3 is 2.20 bits per heavy atom. The van der Waals surface area contributed by atoms with Gasteiger partial charge >= 0.3 is 24.2 Å². The summed E-state index contributed by atoms with van der Waals surface area (Å²) in [6.07, 6.45) is -11.4. The summed E-state index contributed by atoms with van der Waals surface area (Å²) in [5.41, 5.74) is 1.43. The second-order valence-corrected chi connectivity index (χ2v) is 11.2. The van der Waals surface area contributed by atoms with Gasteiger partial charge in [0, 0.05) is 0 Å². The molecular weight excluding hydrogens is 594 g/mol. The number of rotatable bonds is 8. The van der Waals surface area contributed by atoms with Gasteiger partial charge in [0.25, 0.3) is 0 Å². The number of hydrogen-bond acceptors (Lipinski definition) is 12. The van der Waals surface area contributed by atoms with Gasteiger partial charge in [0.1, 0.15) is 43.5 Å². The van der Waals surface area contributed by atoms with E-state index in [1.54, 1.807) is 54.6 Å². The quantitative estimate of drug-likeness (QED) is 0.200. The average Bonchev–Trinajstić information content (AvgIpc) is 3.42. The lowest BCUT2D eigenvalue weighted by molar-refractivity contribution is -0.306. The molecule has 0 bridgehead atoms. The highest BCUT2D eigenvalue weighted by atomic mass is 16.7. The van der Waals surface area contributed by atoms with Crippen LogP contribution in [0.15, 0.2) is 60.7 Å². The number of benzene rings is 2. The lowest BCUT2D eigenvalue weighted by Crippen LogP contribution is -2.67. The highest BCUT2D eigenvalue weighted by Crippen LogP contribution is 2.36. The Labute approximate surface area is 257 Å². The van der Waals surface area contributed by atoms with Crippen LogP contribution in [-0.4, -0.2) is 96.0 Å². The van der Waals surface area contributed by atoms with Crippen LogP contribution in [0, 0.1) is 5.92 Å². The van der Waals surface area contributed by atoms with Gasteiger partial charge in [0.2, 0.25) is 0 Å². The van der Waals surface area contributed by atoms with Crippen LogP contribution in [0.2, 0.25) is 0 Å². The number of carbonyl (C=O) groups is 4. The van der Waals surface area contributed by atoms with Gasteiger partial charge in [-0.3, -0.25) is 4.79 Å². The van der Waals surface area contributed by atoms with Gasteiger partial charge in [-0.15, -0.1) is 0 Å². The van der Waals surface area contributed by atoms with Gasteiger partial charge in [-0.1, -0.05) is 60.7 Å². The molecule has 10 atom stereocenters. The van der Waals surface area contributed by atoms with E-state index in [1.165, 1.54) is 0 Å². The minimum absolute atomic E-state index is 0.0264. The third kappa shape index (κ3) is 6.81. The lowest BCUT2D eigenvalue weighted by atomic mass is 9.83. The molecule has 240 valence electrons. The van der Waals surface area contributed by atoms with Crippen LogP contribution < -0.4 is 16.0 Å². The summed E-state index contributed by atoms with van der Waals surface area (Å²) in [7, 11) is 0. The third-order valence-corrected chi connectivity index (χ3v) is 8.19. The van der Waals surface area contributed by atoms with Crippen molar-refractivity contribution in [2.24, 2.45) is 5.92 Å². The maximum atomic E-state index is 13.4. The summed E-state index contributed by atoms with van der Waals surface area (Å²) in [6, 6.07) is 16.2. The maximum absolute atomic E-state index is 13.4. The van der Waals surface area contributed by atoms with Crippen LogP contribution in [0.5, 0.6) is 0 Å². The molecule has 15 heteroatoms. The van der Waals surface area contributed by atoms with E-state index < -0.39 is 85.2 Å². The Balaban J connectivity index is 1.22. The molecule has 3 amide bonds. The van der Waals surface area contributed by atoms with Crippen LogP contribution in [-0.2, 0) is 46.4 Å². The highest BCUT2D eigenvalue weighted by Gasteiger charge is 2.57. The van der Waals surface area contributed by atoms with Gasteiger partial charge in [0.05, 0.1) is 18.6 Å². The monoisotopic (exact) mass is 627 g/mol. The first-order valence-electron chi connectivity index (χ1n) is 14.5. The number of nitrogens with one attached hydrogen (secondary N) is 3. The van der Waals surface area contributed by atoms with Crippen LogP contribution >= 0.6 is 0 Å². The molecule has 0 radical (unpaired) electrons. The largest absolute Gasteiger partial charge is 0.460 e. The van der Waals surface area contributed by atoms with Crippen molar-refractivity contribution in [1.82, 2.24) is 16.0 Å². The Hall–Kier alpha value is -4.44. The molecular formula is C30H33N3O12. The smallest absolute Gasteiger partial charge is 0.407 e. The predicted molar refractivity (Wildman–Crippen MR) is 149 cm³/mol. The first-order valence-corrected chi connectivity index (χ1v) is 14.5. The molecule has 3 saturated heterocycles. The minimum Gasteiger partial charge on any atom is -0.460 e. The molecule has 0 spiro atoms. The van der Waals surface area contributed by atoms with Crippen molar-refractivity contribution in [3.8, 4) is 0 Å². The molecule has 1 aliphatic carbocycles. The van der Waals surface area contributed by atoms with Gasteiger partial charge in [-0.05, 0) is 17.5 Å². The van der Waals surface area contributed by atoms with E-state index in [0.29, 0.717) is 5.56 Å². The van der Waals surface area contributed by atoms with Crippen molar-refractivity contribution in [3.63, 3.8) is 0 Å². The second kappa shape index (κ2) is 13.3. The number of aliphatic hydroxyl groups is 2. The summed E-state index contributed by atoms with van der Waals surface area (Å²) in [5, 5.41) is 30.4.